The van der Waals surface area contributed by atoms with Gasteiger partial charge in [0.25, 0.3) is 0 Å². The number of nitrogens with two attached hydrogens (primary N) is 1. The summed E-state index contributed by atoms with van der Waals surface area (Å²) in [6, 6.07) is 2.81. The van der Waals surface area contributed by atoms with E-state index in [0.717, 1.165) is 0 Å². The van der Waals surface area contributed by atoms with E-state index in [0.29, 0.717) is 23.4 Å². The van der Waals surface area contributed by atoms with Crippen LogP contribution >= 0.6 is 11.6 Å². The second kappa shape index (κ2) is 4.15. The third-order valence-electron chi connectivity index (χ3n) is 3.06. The molecule has 16 heavy (non-hydrogen) atoms. The fraction of sp³-hybridized carbons (Fsp3) is 0.417. The number of benzene rings is 1. The molecule has 0 aliphatic heterocycles. The van der Waals surface area contributed by atoms with Gasteiger partial charge in [0.1, 0.15) is 5.82 Å². The molecule has 0 radical (unpaired) electrons. The van der Waals surface area contributed by atoms with Crippen molar-refractivity contribution in [1.82, 2.24) is 0 Å². The highest BCUT2D eigenvalue weighted by molar-refractivity contribution is 6.34. The van der Waals surface area contributed by atoms with E-state index in [2.05, 4.69) is 0 Å². The molecule has 2 N–H and O–H groups in total. The summed E-state index contributed by atoms with van der Waals surface area (Å²) < 4.78 is 13.3. The topological polar surface area (TPSA) is 43.1 Å². The number of aryl methyl sites for hydroxylation is 1. The monoisotopic (exact) mass is 241 g/mol. The SMILES string of the molecule is Cc1cc(Cl)c(C(=O)C2CC(N)C2)cc1F. The van der Waals surface area contributed by atoms with Gasteiger partial charge in [-0.2, -0.15) is 0 Å². The zero-order valence-corrected chi connectivity index (χ0v) is 9.72. The first-order valence-corrected chi connectivity index (χ1v) is 5.62. The number of carbonyl (C=O) groups is 1. The van der Waals surface area contributed by atoms with Crippen LogP contribution in [0.4, 0.5) is 4.39 Å². The second-order valence-corrected chi connectivity index (χ2v) is 4.78. The first kappa shape index (κ1) is 11.6. The van der Waals surface area contributed by atoms with Crippen LogP contribution in [0.3, 0.4) is 0 Å². The van der Waals surface area contributed by atoms with Gasteiger partial charge in [0.2, 0.25) is 0 Å². The molecule has 0 amide bonds. The number of ketones is 1. The maximum Gasteiger partial charge on any atom is 0.167 e. The summed E-state index contributed by atoms with van der Waals surface area (Å²) in [6.45, 7) is 1.62. The van der Waals surface area contributed by atoms with Gasteiger partial charge in [-0.3, -0.25) is 4.79 Å². The first-order chi connectivity index (χ1) is 7.49. The quantitative estimate of drug-likeness (QED) is 0.809. The maximum atomic E-state index is 13.3. The van der Waals surface area contributed by atoms with E-state index in [4.69, 9.17) is 17.3 Å². The van der Waals surface area contributed by atoms with Crippen LogP contribution < -0.4 is 5.73 Å². The summed E-state index contributed by atoms with van der Waals surface area (Å²) in [5.74, 6) is -0.573. The molecule has 1 fully saturated rings. The lowest BCUT2D eigenvalue weighted by Gasteiger charge is -2.31. The fourth-order valence-corrected chi connectivity index (χ4v) is 2.24. The summed E-state index contributed by atoms with van der Waals surface area (Å²) in [4.78, 5) is 12.0. The maximum absolute atomic E-state index is 13.3. The van der Waals surface area contributed by atoms with Gasteiger partial charge >= 0.3 is 0 Å². The van der Waals surface area contributed by atoms with Crippen LogP contribution in [-0.4, -0.2) is 11.8 Å². The van der Waals surface area contributed by atoms with Crippen LogP contribution in [-0.2, 0) is 0 Å². The predicted octanol–water partition coefficient (Wildman–Crippen LogP) is 2.71. The molecule has 0 heterocycles. The van der Waals surface area contributed by atoms with Gasteiger partial charge in [-0.05, 0) is 37.5 Å². The van der Waals surface area contributed by atoms with E-state index in [-0.39, 0.29) is 23.3 Å². The van der Waals surface area contributed by atoms with Crippen molar-refractivity contribution in [3.63, 3.8) is 0 Å². The molecule has 1 aliphatic rings. The summed E-state index contributed by atoms with van der Waals surface area (Å²) in [7, 11) is 0. The van der Waals surface area contributed by atoms with Gasteiger partial charge in [-0.25, -0.2) is 4.39 Å². The molecule has 1 saturated carbocycles. The molecule has 0 saturated heterocycles. The number of hydrogen-bond donors (Lipinski definition) is 1. The molecule has 0 bridgehead atoms. The number of hydrogen-bond acceptors (Lipinski definition) is 2. The lowest BCUT2D eigenvalue weighted by atomic mass is 9.76. The molecule has 0 aromatic heterocycles. The highest BCUT2D eigenvalue weighted by Gasteiger charge is 2.33. The average molecular weight is 242 g/mol. The second-order valence-electron chi connectivity index (χ2n) is 4.37. The lowest BCUT2D eigenvalue weighted by molar-refractivity contribution is 0.0832. The largest absolute Gasteiger partial charge is 0.328 e. The van der Waals surface area contributed by atoms with Gasteiger partial charge in [0.15, 0.2) is 5.78 Å². The zero-order chi connectivity index (χ0) is 11.9. The number of rotatable bonds is 2. The van der Waals surface area contributed by atoms with Gasteiger partial charge in [0.05, 0.1) is 5.02 Å². The minimum absolute atomic E-state index is 0.0883. The highest BCUT2D eigenvalue weighted by atomic mass is 35.5. The molecule has 0 atom stereocenters. The van der Waals surface area contributed by atoms with E-state index < -0.39 is 5.82 Å². The fourth-order valence-electron chi connectivity index (χ4n) is 1.93. The summed E-state index contributed by atoms with van der Waals surface area (Å²) in [6.07, 6.45) is 1.34. The molecule has 86 valence electrons. The standard InChI is InChI=1S/C12H13ClFNO/c1-6-2-10(13)9(5-11(6)14)12(16)7-3-8(15)4-7/h2,5,7-8H,3-4,15H2,1H3. The summed E-state index contributed by atoms with van der Waals surface area (Å²) in [5.41, 5.74) is 6.35. The Bertz CT molecular complexity index is 441. The minimum Gasteiger partial charge on any atom is -0.328 e. The van der Waals surface area contributed by atoms with Crippen molar-refractivity contribution in [2.24, 2.45) is 11.7 Å². The van der Waals surface area contributed by atoms with Gasteiger partial charge in [0, 0.05) is 17.5 Å². The smallest absolute Gasteiger partial charge is 0.167 e. The van der Waals surface area contributed by atoms with E-state index in [9.17, 15) is 9.18 Å². The molecule has 1 aromatic rings. The Balaban J connectivity index is 2.27. The Morgan fingerprint density at radius 1 is 1.50 bits per heavy atom. The number of carbonyl (C=O) groups excluding carboxylic acids is 1. The highest BCUT2D eigenvalue weighted by Crippen LogP contribution is 2.32. The molecule has 0 spiro atoms. The van der Waals surface area contributed by atoms with Crippen molar-refractivity contribution < 1.29 is 9.18 Å². The molecular weight excluding hydrogens is 229 g/mol. The van der Waals surface area contributed by atoms with Crippen LogP contribution in [0.5, 0.6) is 0 Å². The van der Waals surface area contributed by atoms with Crippen LogP contribution in [0.2, 0.25) is 5.02 Å². The van der Waals surface area contributed by atoms with Crippen molar-refractivity contribution >= 4 is 17.4 Å². The molecule has 2 rings (SSSR count). The van der Waals surface area contributed by atoms with Crippen molar-refractivity contribution in [1.29, 1.82) is 0 Å². The van der Waals surface area contributed by atoms with Crippen LogP contribution in [0, 0.1) is 18.7 Å². The van der Waals surface area contributed by atoms with Gasteiger partial charge in [-0.1, -0.05) is 11.6 Å². The van der Waals surface area contributed by atoms with E-state index >= 15 is 0 Å². The Morgan fingerprint density at radius 2 is 2.12 bits per heavy atom. The first-order valence-electron chi connectivity index (χ1n) is 5.24. The van der Waals surface area contributed by atoms with E-state index in [1.165, 1.54) is 12.1 Å². The predicted molar refractivity (Wildman–Crippen MR) is 61.2 cm³/mol. The molecule has 4 heteroatoms. The molecule has 1 aromatic carbocycles. The van der Waals surface area contributed by atoms with Crippen LogP contribution in [0.15, 0.2) is 12.1 Å². The third-order valence-corrected chi connectivity index (χ3v) is 3.37. The number of halogens is 2. The van der Waals surface area contributed by atoms with Gasteiger partial charge < -0.3 is 5.73 Å². The van der Waals surface area contributed by atoms with E-state index in [1.54, 1.807) is 6.92 Å². The molecule has 1 aliphatic carbocycles. The van der Waals surface area contributed by atoms with Crippen LogP contribution in [0.1, 0.15) is 28.8 Å². The molecule has 0 unspecified atom stereocenters. The Kier molecular flexibility index (Phi) is 3.00. The van der Waals surface area contributed by atoms with E-state index in [1.807, 2.05) is 0 Å². The summed E-state index contributed by atoms with van der Waals surface area (Å²) >= 11 is 5.94. The van der Waals surface area contributed by atoms with Gasteiger partial charge in [-0.15, -0.1) is 0 Å². The molecular formula is C12H13ClFNO. The molecule has 2 nitrogen and oxygen atoms in total. The Hall–Kier alpha value is -0.930. The normalized spacial score (nSPS) is 24.0. The van der Waals surface area contributed by atoms with Crippen molar-refractivity contribution in [2.75, 3.05) is 0 Å². The zero-order valence-electron chi connectivity index (χ0n) is 8.97. The lowest BCUT2D eigenvalue weighted by Crippen LogP contribution is -2.40. The van der Waals surface area contributed by atoms with Crippen molar-refractivity contribution in [2.45, 2.75) is 25.8 Å². The average Bonchev–Trinajstić information content (AvgIpc) is 2.18. The number of Topliss-reactive ketones (excluding diaryl/α,β-unsaturated/α-hetero) is 1. The van der Waals surface area contributed by atoms with Crippen molar-refractivity contribution in [3.8, 4) is 0 Å². The Morgan fingerprint density at radius 3 is 2.69 bits per heavy atom. The Labute approximate surface area is 98.6 Å². The summed E-state index contributed by atoms with van der Waals surface area (Å²) in [5, 5.41) is 0.323. The third kappa shape index (κ3) is 1.97. The van der Waals surface area contributed by atoms with Crippen LogP contribution in [0.25, 0.3) is 0 Å². The minimum atomic E-state index is -0.392. The van der Waals surface area contributed by atoms with Crippen molar-refractivity contribution in [3.05, 3.63) is 34.1 Å².